The lowest BCUT2D eigenvalue weighted by Gasteiger charge is -2.38. The fraction of sp³-hybridized carbons (Fsp3) is 0.231. The fourth-order valence-electron chi connectivity index (χ4n) is 4.56. The number of aromatic nitrogens is 6. The number of nitriles is 1. The number of H-pyrrole nitrogens is 1. The third-order valence-electron chi connectivity index (χ3n) is 6.51. The summed E-state index contributed by atoms with van der Waals surface area (Å²) in [5, 5.41) is 21.7. The molecule has 1 saturated heterocycles. The Morgan fingerprint density at radius 1 is 1.25 bits per heavy atom. The topological polar surface area (TPSA) is 126 Å². The van der Waals surface area contributed by atoms with Crippen LogP contribution in [0.2, 0.25) is 0 Å². The van der Waals surface area contributed by atoms with Gasteiger partial charge in [-0.25, -0.2) is 0 Å². The zero-order valence-electron chi connectivity index (χ0n) is 19.5. The van der Waals surface area contributed by atoms with E-state index >= 15 is 0 Å². The van der Waals surface area contributed by atoms with E-state index in [1.165, 1.54) is 0 Å². The van der Waals surface area contributed by atoms with E-state index in [9.17, 15) is 4.79 Å². The lowest BCUT2D eigenvalue weighted by Crippen LogP contribution is -2.50. The fourth-order valence-corrected chi connectivity index (χ4v) is 4.56. The molecule has 2 aromatic carbocycles. The number of fused-ring (bicyclic) bond motifs is 2. The molecule has 10 heteroatoms. The Morgan fingerprint density at radius 2 is 2.11 bits per heavy atom. The number of ether oxygens (including phenoxy) is 1. The van der Waals surface area contributed by atoms with E-state index < -0.39 is 0 Å². The van der Waals surface area contributed by atoms with Crippen LogP contribution in [0.15, 0.2) is 61.2 Å². The van der Waals surface area contributed by atoms with Gasteiger partial charge in [-0.05, 0) is 31.2 Å². The minimum absolute atomic E-state index is 0.0900. The van der Waals surface area contributed by atoms with Crippen molar-refractivity contribution >= 4 is 27.8 Å². The van der Waals surface area contributed by atoms with E-state index in [-0.39, 0.29) is 24.5 Å². The van der Waals surface area contributed by atoms with Crippen LogP contribution in [0.3, 0.4) is 0 Å². The molecule has 1 aliphatic heterocycles. The van der Waals surface area contributed by atoms with Crippen LogP contribution < -0.4 is 4.74 Å². The number of carbonyl (C=O) groups is 1. The molecule has 0 radical (unpaired) electrons. The maximum atomic E-state index is 11.8. The number of hydrogen-bond donors (Lipinski definition) is 1. The molecule has 3 aromatic heterocycles. The van der Waals surface area contributed by atoms with Crippen LogP contribution in [-0.2, 0) is 4.79 Å². The third kappa shape index (κ3) is 3.80. The zero-order chi connectivity index (χ0) is 24.6. The summed E-state index contributed by atoms with van der Waals surface area (Å²) >= 11 is 0. The highest BCUT2D eigenvalue weighted by Gasteiger charge is 2.32. The highest BCUT2D eigenvalue weighted by molar-refractivity contribution is 5.93. The van der Waals surface area contributed by atoms with Gasteiger partial charge in [-0.3, -0.25) is 24.5 Å². The molecule has 1 amide bonds. The summed E-state index contributed by atoms with van der Waals surface area (Å²) in [6.45, 7) is 3.10. The monoisotopic (exact) mass is 478 g/mol. The minimum Gasteiger partial charge on any atom is -0.486 e. The molecule has 0 spiro atoms. The highest BCUT2D eigenvalue weighted by atomic mass is 16.5. The van der Waals surface area contributed by atoms with Crippen LogP contribution >= 0.6 is 0 Å². The first-order valence-corrected chi connectivity index (χ1v) is 11.6. The Hall–Kier alpha value is -4.78. The Balaban J connectivity index is 1.23. The standard InChI is InChI=1S/C26H22N8O2/c1-16(20-3-2-4-23-26(20)29-10-9-28-23)36-19-5-6-22-21(11-19)25(32-31-22)17-12-30-34(13-17)18-14-33(15-18)24(35)7-8-27/h2-6,9-13,16,18H,7,14-15H2,1H3,(H,31,32). The molecular formula is C26H22N8O2. The molecule has 36 heavy (non-hydrogen) atoms. The first kappa shape index (κ1) is 21.7. The number of hydrogen-bond acceptors (Lipinski definition) is 7. The quantitative estimate of drug-likeness (QED) is 0.393. The SMILES string of the molecule is CC(Oc1ccc2[nH]nc(-c3cnn(C4CN(C(=O)CC#N)C4)c3)c2c1)c1cccc2nccnc12. The van der Waals surface area contributed by atoms with E-state index in [0.29, 0.717) is 13.1 Å². The maximum Gasteiger partial charge on any atom is 0.236 e. The van der Waals surface area contributed by atoms with Crippen molar-refractivity contribution in [2.75, 3.05) is 13.1 Å². The van der Waals surface area contributed by atoms with Crippen LogP contribution in [0, 0.1) is 11.3 Å². The van der Waals surface area contributed by atoms with Gasteiger partial charge in [-0.1, -0.05) is 12.1 Å². The van der Waals surface area contributed by atoms with E-state index in [1.54, 1.807) is 23.5 Å². The van der Waals surface area contributed by atoms with Crippen molar-refractivity contribution in [3.63, 3.8) is 0 Å². The molecule has 1 fully saturated rings. The van der Waals surface area contributed by atoms with Crippen LogP contribution in [0.5, 0.6) is 5.75 Å². The van der Waals surface area contributed by atoms with Crippen LogP contribution in [0.1, 0.15) is 31.1 Å². The van der Waals surface area contributed by atoms with Gasteiger partial charge in [0.1, 0.15) is 24.0 Å². The second kappa shape index (κ2) is 8.78. The van der Waals surface area contributed by atoms with E-state index in [0.717, 1.165) is 44.5 Å². The Labute approximate surface area is 206 Å². The lowest BCUT2D eigenvalue weighted by molar-refractivity contribution is -0.136. The van der Waals surface area contributed by atoms with Gasteiger partial charge in [0.25, 0.3) is 0 Å². The molecule has 10 nitrogen and oxygen atoms in total. The molecular weight excluding hydrogens is 456 g/mol. The van der Waals surface area contributed by atoms with Gasteiger partial charge < -0.3 is 9.64 Å². The number of benzene rings is 2. The van der Waals surface area contributed by atoms with E-state index in [4.69, 9.17) is 10.00 Å². The third-order valence-corrected chi connectivity index (χ3v) is 6.51. The molecule has 178 valence electrons. The summed E-state index contributed by atoms with van der Waals surface area (Å²) in [5.74, 6) is 0.577. The summed E-state index contributed by atoms with van der Waals surface area (Å²) in [5.41, 5.74) is 5.18. The second-order valence-electron chi connectivity index (χ2n) is 8.81. The van der Waals surface area contributed by atoms with Gasteiger partial charge in [0, 0.05) is 48.2 Å². The summed E-state index contributed by atoms with van der Waals surface area (Å²) < 4.78 is 8.17. The Bertz CT molecular complexity index is 1620. The predicted octanol–water partition coefficient (Wildman–Crippen LogP) is 3.81. The molecule has 1 atom stereocenters. The number of nitrogens with zero attached hydrogens (tertiary/aromatic N) is 7. The van der Waals surface area contributed by atoms with Crippen molar-refractivity contribution in [2.24, 2.45) is 0 Å². The average Bonchev–Trinajstić information content (AvgIpc) is 3.50. The van der Waals surface area contributed by atoms with E-state index in [2.05, 4.69) is 25.3 Å². The normalized spacial score (nSPS) is 14.5. The van der Waals surface area contributed by atoms with E-state index in [1.807, 2.05) is 60.3 Å². The number of aromatic amines is 1. The minimum atomic E-state index is -0.230. The number of rotatable bonds is 6. The molecule has 1 N–H and O–H groups in total. The van der Waals surface area contributed by atoms with Gasteiger partial charge in [-0.15, -0.1) is 0 Å². The van der Waals surface area contributed by atoms with Crippen molar-refractivity contribution in [1.29, 1.82) is 5.26 Å². The van der Waals surface area contributed by atoms with Gasteiger partial charge in [0.2, 0.25) is 5.91 Å². The van der Waals surface area contributed by atoms with Crippen molar-refractivity contribution in [2.45, 2.75) is 25.5 Å². The van der Waals surface area contributed by atoms with Crippen molar-refractivity contribution in [3.8, 4) is 23.1 Å². The van der Waals surface area contributed by atoms with Gasteiger partial charge >= 0.3 is 0 Å². The Morgan fingerprint density at radius 3 is 2.97 bits per heavy atom. The van der Waals surface area contributed by atoms with Crippen LogP contribution in [-0.4, -0.2) is 53.8 Å². The summed E-state index contributed by atoms with van der Waals surface area (Å²) in [6.07, 6.45) is 6.77. The largest absolute Gasteiger partial charge is 0.486 e. The maximum absolute atomic E-state index is 11.8. The molecule has 0 saturated carbocycles. The van der Waals surface area contributed by atoms with Crippen LogP contribution in [0.4, 0.5) is 0 Å². The van der Waals surface area contributed by atoms with Crippen molar-refractivity contribution in [3.05, 3.63) is 66.7 Å². The van der Waals surface area contributed by atoms with Crippen molar-refractivity contribution < 1.29 is 9.53 Å². The Kier molecular flexibility index (Phi) is 5.30. The first-order valence-electron chi connectivity index (χ1n) is 11.6. The van der Waals surface area contributed by atoms with Gasteiger partial charge in [0.15, 0.2) is 0 Å². The van der Waals surface area contributed by atoms with Crippen LogP contribution in [0.25, 0.3) is 33.2 Å². The summed E-state index contributed by atoms with van der Waals surface area (Å²) in [7, 11) is 0. The molecule has 0 aliphatic carbocycles. The average molecular weight is 479 g/mol. The molecule has 4 heterocycles. The number of nitrogens with one attached hydrogen (secondary N) is 1. The first-order chi connectivity index (χ1) is 17.6. The number of likely N-dealkylation sites (tertiary alicyclic amines) is 1. The summed E-state index contributed by atoms with van der Waals surface area (Å²) in [4.78, 5) is 22.4. The lowest BCUT2D eigenvalue weighted by atomic mass is 10.1. The number of para-hydroxylation sites is 1. The predicted molar refractivity (Wildman–Crippen MR) is 132 cm³/mol. The number of amides is 1. The smallest absolute Gasteiger partial charge is 0.236 e. The number of carbonyl (C=O) groups excluding carboxylic acids is 1. The molecule has 0 bridgehead atoms. The molecule has 6 rings (SSSR count). The molecule has 5 aromatic rings. The molecule has 1 unspecified atom stereocenters. The van der Waals surface area contributed by atoms with Crippen molar-refractivity contribution in [1.82, 2.24) is 34.8 Å². The zero-order valence-corrected chi connectivity index (χ0v) is 19.5. The second-order valence-corrected chi connectivity index (χ2v) is 8.81. The molecule has 1 aliphatic rings. The summed E-state index contributed by atoms with van der Waals surface area (Å²) in [6, 6.07) is 13.7. The highest BCUT2D eigenvalue weighted by Crippen LogP contribution is 2.33. The van der Waals surface area contributed by atoms with Gasteiger partial charge in [-0.2, -0.15) is 15.5 Å². The van der Waals surface area contributed by atoms with Gasteiger partial charge in [0.05, 0.1) is 34.9 Å².